The van der Waals surface area contributed by atoms with Crippen molar-refractivity contribution in [2.75, 3.05) is 26.2 Å². The van der Waals surface area contributed by atoms with Gasteiger partial charge in [0.05, 0.1) is 6.61 Å². The molecule has 3 nitrogen and oxygen atoms in total. The van der Waals surface area contributed by atoms with Crippen molar-refractivity contribution in [3.63, 3.8) is 0 Å². The normalized spacial score (nSPS) is 30.4. The Bertz CT molecular complexity index is 307. The molecule has 0 spiro atoms. The fraction of sp³-hybridized carbons (Fsp3) is 1.00. The number of nitrogens with zero attached hydrogens (tertiary/aromatic N) is 1. The van der Waals surface area contributed by atoms with E-state index in [4.69, 9.17) is 0 Å². The van der Waals surface area contributed by atoms with E-state index in [9.17, 15) is 13.2 Å². The first kappa shape index (κ1) is 16.0. The summed E-state index contributed by atoms with van der Waals surface area (Å²) in [5.74, 6) is 1.20. The number of halogens is 3. The lowest BCUT2D eigenvalue weighted by atomic mass is 9.93. The monoisotopic (exact) mass is 294 g/mol. The molecule has 0 bridgehead atoms. The summed E-state index contributed by atoms with van der Waals surface area (Å²) in [5.41, 5.74) is 0. The molecule has 3 atom stereocenters. The van der Waals surface area contributed by atoms with Crippen LogP contribution in [0.3, 0.4) is 0 Å². The number of ether oxygens (including phenoxy) is 1. The molecule has 1 heterocycles. The average molecular weight is 294 g/mol. The molecule has 1 saturated carbocycles. The highest BCUT2D eigenvalue weighted by atomic mass is 19.4. The minimum absolute atomic E-state index is 0.270. The summed E-state index contributed by atoms with van der Waals surface area (Å²) in [6, 6.07) is 0.757. The van der Waals surface area contributed by atoms with Crippen LogP contribution in [0.5, 0.6) is 0 Å². The Balaban J connectivity index is 1.87. The topological polar surface area (TPSA) is 24.5 Å². The van der Waals surface area contributed by atoms with E-state index in [2.05, 4.69) is 28.8 Å². The maximum Gasteiger partial charge on any atom is 0.522 e. The van der Waals surface area contributed by atoms with E-state index in [1.54, 1.807) is 0 Å². The number of nitrogens with one attached hydrogen (secondary N) is 1. The largest absolute Gasteiger partial charge is 0.522 e. The standard InChI is InChI=1S/C14H25F3N2O/c1-3-10(2)13-8-18-12(11-4-5-11)9-19(13)6-7-20-14(15,16)17/h10-13,18H,3-9H2,1-2H3. The first-order chi connectivity index (χ1) is 9.40. The van der Waals surface area contributed by atoms with E-state index in [-0.39, 0.29) is 6.61 Å². The second-order valence-electron chi connectivity index (χ2n) is 6.09. The van der Waals surface area contributed by atoms with Crippen molar-refractivity contribution in [1.82, 2.24) is 10.2 Å². The van der Waals surface area contributed by atoms with Gasteiger partial charge in [-0.05, 0) is 24.7 Å². The minimum atomic E-state index is -4.52. The first-order valence-corrected chi connectivity index (χ1v) is 7.58. The van der Waals surface area contributed by atoms with Crippen molar-refractivity contribution < 1.29 is 17.9 Å². The summed E-state index contributed by atoms with van der Waals surface area (Å²) < 4.78 is 40.2. The minimum Gasteiger partial charge on any atom is -0.311 e. The molecule has 2 aliphatic rings. The van der Waals surface area contributed by atoms with Crippen LogP contribution in [0.25, 0.3) is 0 Å². The van der Waals surface area contributed by atoms with Gasteiger partial charge in [-0.15, -0.1) is 13.2 Å². The zero-order chi connectivity index (χ0) is 14.8. The molecule has 1 N–H and O–H groups in total. The highest BCUT2D eigenvalue weighted by molar-refractivity contribution is 4.95. The Hall–Kier alpha value is -0.330. The van der Waals surface area contributed by atoms with Gasteiger partial charge in [0, 0.05) is 31.7 Å². The first-order valence-electron chi connectivity index (χ1n) is 7.58. The average Bonchev–Trinajstić information content (AvgIpc) is 3.20. The highest BCUT2D eigenvalue weighted by Gasteiger charge is 2.38. The summed E-state index contributed by atoms with van der Waals surface area (Å²) in [6.07, 6.45) is -0.982. The number of rotatable bonds is 6. The van der Waals surface area contributed by atoms with Crippen LogP contribution in [0.1, 0.15) is 33.1 Å². The predicted octanol–water partition coefficient (Wildman–Crippen LogP) is 2.62. The number of alkyl halides is 3. The smallest absolute Gasteiger partial charge is 0.311 e. The number of hydrogen-bond donors (Lipinski definition) is 1. The van der Waals surface area contributed by atoms with Crippen molar-refractivity contribution in [2.45, 2.75) is 51.6 Å². The lowest BCUT2D eigenvalue weighted by Crippen LogP contribution is -2.59. The van der Waals surface area contributed by atoms with Gasteiger partial charge in [0.2, 0.25) is 0 Å². The quantitative estimate of drug-likeness (QED) is 0.815. The van der Waals surface area contributed by atoms with Crippen LogP contribution in [0.4, 0.5) is 13.2 Å². The third-order valence-electron chi connectivity index (χ3n) is 4.63. The molecule has 0 aromatic rings. The van der Waals surface area contributed by atoms with Crippen molar-refractivity contribution >= 4 is 0 Å². The lowest BCUT2D eigenvalue weighted by Gasteiger charge is -2.43. The summed E-state index contributed by atoms with van der Waals surface area (Å²) in [6.45, 7) is 6.11. The Morgan fingerprint density at radius 1 is 1.35 bits per heavy atom. The molecular formula is C14H25F3N2O. The van der Waals surface area contributed by atoms with Crippen LogP contribution < -0.4 is 5.32 Å². The van der Waals surface area contributed by atoms with Gasteiger partial charge in [0.25, 0.3) is 0 Å². The highest BCUT2D eigenvalue weighted by Crippen LogP contribution is 2.35. The van der Waals surface area contributed by atoms with E-state index in [1.807, 2.05) is 0 Å². The van der Waals surface area contributed by atoms with E-state index < -0.39 is 6.36 Å². The van der Waals surface area contributed by atoms with Crippen LogP contribution in [-0.4, -0.2) is 49.6 Å². The molecule has 1 aliphatic heterocycles. The van der Waals surface area contributed by atoms with Crippen LogP contribution in [-0.2, 0) is 4.74 Å². The summed E-state index contributed by atoms with van der Waals surface area (Å²) >= 11 is 0. The summed E-state index contributed by atoms with van der Waals surface area (Å²) in [7, 11) is 0. The Morgan fingerprint density at radius 2 is 2.05 bits per heavy atom. The maximum atomic E-state index is 12.1. The van der Waals surface area contributed by atoms with Gasteiger partial charge in [-0.1, -0.05) is 20.3 Å². The second kappa shape index (κ2) is 6.62. The van der Waals surface area contributed by atoms with Gasteiger partial charge in [0.15, 0.2) is 0 Å². The third kappa shape index (κ3) is 4.60. The van der Waals surface area contributed by atoms with Crippen LogP contribution >= 0.6 is 0 Å². The molecule has 0 amide bonds. The molecular weight excluding hydrogens is 269 g/mol. The third-order valence-corrected chi connectivity index (χ3v) is 4.63. The van der Waals surface area contributed by atoms with Crippen LogP contribution in [0, 0.1) is 11.8 Å². The molecule has 0 aromatic carbocycles. The molecule has 20 heavy (non-hydrogen) atoms. The Labute approximate surface area is 118 Å². The molecule has 0 radical (unpaired) electrons. The van der Waals surface area contributed by atoms with E-state index in [0.29, 0.717) is 24.5 Å². The molecule has 2 rings (SSSR count). The van der Waals surface area contributed by atoms with Gasteiger partial charge >= 0.3 is 6.36 Å². The van der Waals surface area contributed by atoms with Gasteiger partial charge in [0.1, 0.15) is 0 Å². The molecule has 6 heteroatoms. The SMILES string of the molecule is CCC(C)C1CNC(C2CC2)CN1CCOC(F)(F)F. The van der Waals surface area contributed by atoms with Gasteiger partial charge in [-0.3, -0.25) is 9.64 Å². The fourth-order valence-electron chi connectivity index (χ4n) is 3.04. The van der Waals surface area contributed by atoms with E-state index >= 15 is 0 Å². The van der Waals surface area contributed by atoms with Gasteiger partial charge < -0.3 is 5.32 Å². The Kier molecular flexibility index (Phi) is 5.31. The van der Waals surface area contributed by atoms with Crippen LogP contribution in [0.2, 0.25) is 0 Å². The van der Waals surface area contributed by atoms with Gasteiger partial charge in [-0.25, -0.2) is 0 Å². The number of hydrogen-bond acceptors (Lipinski definition) is 3. The molecule has 3 unspecified atom stereocenters. The summed E-state index contributed by atoms with van der Waals surface area (Å²) in [4.78, 5) is 2.19. The summed E-state index contributed by atoms with van der Waals surface area (Å²) in [5, 5.41) is 3.58. The van der Waals surface area contributed by atoms with E-state index in [1.165, 1.54) is 12.8 Å². The molecule has 118 valence electrons. The molecule has 1 saturated heterocycles. The fourth-order valence-corrected chi connectivity index (χ4v) is 3.04. The second-order valence-corrected chi connectivity index (χ2v) is 6.09. The van der Waals surface area contributed by atoms with Crippen molar-refractivity contribution in [3.8, 4) is 0 Å². The van der Waals surface area contributed by atoms with Crippen molar-refractivity contribution in [1.29, 1.82) is 0 Å². The van der Waals surface area contributed by atoms with Crippen LogP contribution in [0.15, 0.2) is 0 Å². The van der Waals surface area contributed by atoms with Crippen molar-refractivity contribution in [3.05, 3.63) is 0 Å². The molecule has 1 aliphatic carbocycles. The zero-order valence-electron chi connectivity index (χ0n) is 12.2. The Morgan fingerprint density at radius 3 is 2.60 bits per heavy atom. The van der Waals surface area contributed by atoms with Crippen molar-refractivity contribution in [2.24, 2.45) is 11.8 Å². The predicted molar refractivity (Wildman–Crippen MR) is 71.3 cm³/mol. The lowest BCUT2D eigenvalue weighted by molar-refractivity contribution is -0.325. The zero-order valence-corrected chi connectivity index (χ0v) is 12.2. The van der Waals surface area contributed by atoms with E-state index in [0.717, 1.165) is 25.4 Å². The number of piperazine rings is 1. The molecule has 0 aromatic heterocycles. The molecule has 2 fully saturated rings. The van der Waals surface area contributed by atoms with Gasteiger partial charge in [-0.2, -0.15) is 0 Å². The maximum absolute atomic E-state index is 12.1.